The van der Waals surface area contributed by atoms with Gasteiger partial charge < -0.3 is 9.15 Å². The van der Waals surface area contributed by atoms with Gasteiger partial charge in [-0.05, 0) is 25.0 Å². The van der Waals surface area contributed by atoms with Crippen molar-refractivity contribution >= 4 is 22.4 Å². The molecule has 1 fully saturated rings. The van der Waals surface area contributed by atoms with Crippen LogP contribution in [0.5, 0.6) is 0 Å². The lowest BCUT2D eigenvalue weighted by Gasteiger charge is -2.06. The molecule has 0 spiro atoms. The monoisotopic (exact) mass is 265 g/mol. The van der Waals surface area contributed by atoms with Crippen LogP contribution in [0.25, 0.3) is 10.8 Å². The van der Waals surface area contributed by atoms with E-state index >= 15 is 0 Å². The maximum atomic E-state index is 11.8. The number of aromatic nitrogens is 2. The Hall–Kier alpha value is -1.73. The lowest BCUT2D eigenvalue weighted by atomic mass is 10.2. The molecule has 0 aliphatic carbocycles. The molecule has 1 atom stereocenters. The summed E-state index contributed by atoms with van der Waals surface area (Å²) in [6.45, 7) is 0.645. The number of hydrogen-bond donors (Lipinski definition) is 1. The summed E-state index contributed by atoms with van der Waals surface area (Å²) < 4.78 is 10.5. The minimum Gasteiger partial charge on any atom is -0.462 e. The van der Waals surface area contributed by atoms with E-state index in [4.69, 9.17) is 9.15 Å². The fourth-order valence-electron chi connectivity index (χ4n) is 1.74. The first kappa shape index (κ1) is 11.4. The van der Waals surface area contributed by atoms with E-state index in [2.05, 4.69) is 15.5 Å². The molecule has 0 aromatic carbocycles. The second kappa shape index (κ2) is 4.87. The molecule has 94 valence electrons. The topological polar surface area (TPSA) is 77.3 Å². The Morgan fingerprint density at radius 3 is 3.17 bits per heavy atom. The van der Waals surface area contributed by atoms with Crippen LogP contribution < -0.4 is 5.32 Å². The van der Waals surface area contributed by atoms with Gasteiger partial charge in [0.25, 0.3) is 5.91 Å². The summed E-state index contributed by atoms with van der Waals surface area (Å²) in [6, 6.07) is 3.58. The molecule has 0 unspecified atom stereocenters. The third kappa shape index (κ3) is 2.27. The lowest BCUT2D eigenvalue weighted by molar-refractivity contribution is -0.124. The van der Waals surface area contributed by atoms with Gasteiger partial charge >= 0.3 is 0 Å². The third-order valence-electron chi connectivity index (χ3n) is 2.61. The van der Waals surface area contributed by atoms with Crippen LogP contribution in [0.3, 0.4) is 0 Å². The molecule has 3 heterocycles. The molecule has 0 radical (unpaired) electrons. The first-order valence-corrected chi connectivity index (χ1v) is 6.44. The maximum Gasteiger partial charge on any atom is 0.255 e. The predicted octanol–water partition coefficient (Wildman–Crippen LogP) is 1.92. The van der Waals surface area contributed by atoms with Gasteiger partial charge in [0.1, 0.15) is 6.10 Å². The number of amides is 1. The highest BCUT2D eigenvalue weighted by Crippen LogP contribution is 2.26. The van der Waals surface area contributed by atoms with Crippen molar-refractivity contribution < 1.29 is 13.9 Å². The summed E-state index contributed by atoms with van der Waals surface area (Å²) in [6.07, 6.45) is 2.89. The normalized spacial score (nSPS) is 19.0. The molecule has 1 N–H and O–H groups in total. The number of rotatable bonds is 3. The Kier molecular flexibility index (Phi) is 3.07. The van der Waals surface area contributed by atoms with Crippen molar-refractivity contribution in [3.05, 3.63) is 18.4 Å². The van der Waals surface area contributed by atoms with Crippen molar-refractivity contribution in [2.75, 3.05) is 11.9 Å². The van der Waals surface area contributed by atoms with Crippen LogP contribution in [0.2, 0.25) is 0 Å². The second-order valence-electron chi connectivity index (χ2n) is 3.88. The predicted molar refractivity (Wildman–Crippen MR) is 65.2 cm³/mol. The standard InChI is InChI=1S/C11H11N3O3S/c15-9(7-3-1-5-16-7)12-11-14-13-10(18-11)8-4-2-6-17-8/h2,4,6-7H,1,3,5H2,(H,12,14,15)/t7-/m1/s1. The van der Waals surface area contributed by atoms with Gasteiger partial charge in [-0.1, -0.05) is 11.3 Å². The fraction of sp³-hybridized carbons (Fsp3) is 0.364. The Morgan fingerprint density at radius 2 is 2.44 bits per heavy atom. The summed E-state index contributed by atoms with van der Waals surface area (Å²) in [5, 5.41) is 11.7. The van der Waals surface area contributed by atoms with E-state index in [1.165, 1.54) is 11.3 Å². The van der Waals surface area contributed by atoms with Gasteiger partial charge in [0.15, 0.2) is 10.8 Å². The van der Waals surface area contributed by atoms with Gasteiger partial charge in [0.05, 0.1) is 6.26 Å². The van der Waals surface area contributed by atoms with Crippen molar-refractivity contribution in [1.82, 2.24) is 10.2 Å². The highest BCUT2D eigenvalue weighted by molar-refractivity contribution is 7.18. The van der Waals surface area contributed by atoms with Crippen LogP contribution in [-0.4, -0.2) is 28.8 Å². The van der Waals surface area contributed by atoms with Crippen molar-refractivity contribution in [3.8, 4) is 10.8 Å². The minimum atomic E-state index is -0.360. The molecule has 0 saturated carbocycles. The van der Waals surface area contributed by atoms with E-state index in [1.54, 1.807) is 18.4 Å². The van der Waals surface area contributed by atoms with Crippen LogP contribution in [0.4, 0.5) is 5.13 Å². The van der Waals surface area contributed by atoms with Crippen LogP contribution in [-0.2, 0) is 9.53 Å². The first-order valence-electron chi connectivity index (χ1n) is 5.63. The van der Waals surface area contributed by atoms with Crippen molar-refractivity contribution in [2.24, 2.45) is 0 Å². The lowest BCUT2D eigenvalue weighted by Crippen LogP contribution is -2.26. The van der Waals surface area contributed by atoms with Crippen molar-refractivity contribution in [3.63, 3.8) is 0 Å². The van der Waals surface area contributed by atoms with Crippen molar-refractivity contribution in [1.29, 1.82) is 0 Å². The third-order valence-corrected chi connectivity index (χ3v) is 3.46. The van der Waals surface area contributed by atoms with Gasteiger partial charge in [0, 0.05) is 6.61 Å². The number of carbonyl (C=O) groups excluding carboxylic acids is 1. The molecule has 1 amide bonds. The molecule has 0 bridgehead atoms. The first-order chi connectivity index (χ1) is 8.83. The number of furan rings is 1. The van der Waals surface area contributed by atoms with E-state index in [1.807, 2.05) is 0 Å². The Balaban J connectivity index is 1.68. The fourth-order valence-corrected chi connectivity index (χ4v) is 2.46. The quantitative estimate of drug-likeness (QED) is 0.917. The molecule has 7 heteroatoms. The van der Waals surface area contributed by atoms with Gasteiger partial charge in [-0.2, -0.15) is 0 Å². The van der Waals surface area contributed by atoms with E-state index < -0.39 is 0 Å². The summed E-state index contributed by atoms with van der Waals surface area (Å²) in [7, 11) is 0. The summed E-state index contributed by atoms with van der Waals surface area (Å²) in [5.74, 6) is 0.486. The average Bonchev–Trinajstić information content (AvgIpc) is 3.12. The Bertz CT molecular complexity index is 531. The molecule has 6 nitrogen and oxygen atoms in total. The molecular weight excluding hydrogens is 254 g/mol. The zero-order valence-corrected chi connectivity index (χ0v) is 10.3. The largest absolute Gasteiger partial charge is 0.462 e. The van der Waals surface area contributed by atoms with E-state index in [0.717, 1.165) is 12.8 Å². The maximum absolute atomic E-state index is 11.8. The molecule has 18 heavy (non-hydrogen) atoms. The molecule has 1 aliphatic rings. The molecule has 2 aromatic heterocycles. The molecule has 1 aliphatic heterocycles. The zero-order chi connectivity index (χ0) is 12.4. The van der Waals surface area contributed by atoms with Gasteiger partial charge in [0.2, 0.25) is 5.13 Å². The molecule has 2 aromatic rings. The second-order valence-corrected chi connectivity index (χ2v) is 4.86. The summed E-state index contributed by atoms with van der Waals surface area (Å²) in [4.78, 5) is 11.8. The number of nitrogens with zero attached hydrogens (tertiary/aromatic N) is 2. The number of ether oxygens (including phenoxy) is 1. The van der Waals surface area contributed by atoms with Gasteiger partial charge in [-0.3, -0.25) is 10.1 Å². The highest BCUT2D eigenvalue weighted by atomic mass is 32.1. The summed E-state index contributed by atoms with van der Waals surface area (Å²) >= 11 is 1.27. The van der Waals surface area contributed by atoms with Crippen LogP contribution >= 0.6 is 11.3 Å². The summed E-state index contributed by atoms with van der Waals surface area (Å²) in [5.41, 5.74) is 0. The number of anilines is 1. The number of nitrogens with one attached hydrogen (secondary N) is 1. The van der Waals surface area contributed by atoms with Crippen LogP contribution in [0, 0.1) is 0 Å². The van der Waals surface area contributed by atoms with E-state index in [-0.39, 0.29) is 12.0 Å². The smallest absolute Gasteiger partial charge is 0.255 e. The van der Waals surface area contributed by atoms with E-state index in [0.29, 0.717) is 22.5 Å². The SMILES string of the molecule is O=C(Nc1nnc(-c2ccco2)s1)[C@H]1CCCO1. The molecular formula is C11H11N3O3S. The van der Waals surface area contributed by atoms with Gasteiger partial charge in [-0.25, -0.2) is 0 Å². The minimum absolute atomic E-state index is 0.158. The van der Waals surface area contributed by atoms with E-state index in [9.17, 15) is 4.79 Å². The Labute approximate surface area is 107 Å². The van der Waals surface area contributed by atoms with Gasteiger partial charge in [-0.15, -0.1) is 10.2 Å². The molecule has 1 saturated heterocycles. The zero-order valence-electron chi connectivity index (χ0n) is 9.46. The molecule has 3 rings (SSSR count). The van der Waals surface area contributed by atoms with Crippen molar-refractivity contribution in [2.45, 2.75) is 18.9 Å². The number of hydrogen-bond acceptors (Lipinski definition) is 6. The Morgan fingerprint density at radius 1 is 1.50 bits per heavy atom. The average molecular weight is 265 g/mol. The number of carbonyl (C=O) groups is 1. The highest BCUT2D eigenvalue weighted by Gasteiger charge is 2.24. The van der Waals surface area contributed by atoms with Crippen LogP contribution in [0.15, 0.2) is 22.8 Å². The van der Waals surface area contributed by atoms with Crippen LogP contribution in [0.1, 0.15) is 12.8 Å².